The molecule has 5 atom stereocenters. The Bertz CT molecular complexity index is 2530. The van der Waals surface area contributed by atoms with E-state index in [1.54, 1.807) is 49.4 Å². The van der Waals surface area contributed by atoms with Crippen LogP contribution in [0, 0.1) is 23.7 Å². The Hall–Kier alpha value is -6.26. The van der Waals surface area contributed by atoms with Crippen molar-refractivity contribution in [2.75, 3.05) is 39.4 Å². The van der Waals surface area contributed by atoms with Crippen molar-refractivity contribution >= 4 is 31.4 Å². The van der Waals surface area contributed by atoms with Gasteiger partial charge < -0.3 is 38.0 Å². The molecule has 0 radical (unpaired) electrons. The molecule has 3 heterocycles. The van der Waals surface area contributed by atoms with Crippen molar-refractivity contribution in [3.8, 4) is 29.9 Å². The molecule has 0 bridgehead atoms. The second-order valence-electron chi connectivity index (χ2n) is 15.8. The molecule has 1 amide bonds. The number of nitrogens with one attached hydrogen (secondary N) is 1. The van der Waals surface area contributed by atoms with Gasteiger partial charge in [-0.05, 0) is 80.8 Å². The lowest BCUT2D eigenvalue weighted by atomic mass is 9.80. The third-order valence-electron chi connectivity index (χ3n) is 11.1. The minimum absolute atomic E-state index is 0.00854. The predicted molar refractivity (Wildman–Crippen MR) is 251 cm³/mol. The van der Waals surface area contributed by atoms with Gasteiger partial charge in [0.25, 0.3) is 14.4 Å². The highest BCUT2D eigenvalue weighted by Gasteiger charge is 2.52. The lowest BCUT2D eigenvalue weighted by Crippen LogP contribution is -2.43. The van der Waals surface area contributed by atoms with E-state index in [0.29, 0.717) is 28.2 Å². The summed E-state index contributed by atoms with van der Waals surface area (Å²) in [5.74, 6) is 3.84. The molecule has 0 saturated carbocycles. The number of imidazole rings is 1. The predicted octanol–water partition coefficient (Wildman–Crippen LogP) is 8.68. The Balaban J connectivity index is 1.35. The van der Waals surface area contributed by atoms with Crippen LogP contribution in [-0.4, -0.2) is 94.5 Å². The third kappa shape index (κ3) is 10.4. The second kappa shape index (κ2) is 22.3. The second-order valence-corrected chi connectivity index (χ2v) is 17.2. The fourth-order valence-corrected chi connectivity index (χ4v) is 9.86. The molecule has 0 aliphatic carbocycles. The summed E-state index contributed by atoms with van der Waals surface area (Å²) in [6, 6.07) is 36.5. The fourth-order valence-electron chi connectivity index (χ4n) is 8.09. The van der Waals surface area contributed by atoms with E-state index in [4.69, 9.17) is 39.2 Å². The number of terminal acetylenes is 1. The van der Waals surface area contributed by atoms with Gasteiger partial charge in [0.2, 0.25) is 0 Å². The first-order valence-corrected chi connectivity index (χ1v) is 22.7. The van der Waals surface area contributed by atoms with Crippen LogP contribution in [0.5, 0.6) is 11.5 Å². The van der Waals surface area contributed by atoms with Crippen LogP contribution in [0.25, 0.3) is 11.2 Å². The van der Waals surface area contributed by atoms with Gasteiger partial charge in [-0.25, -0.2) is 19.6 Å². The third-order valence-corrected chi connectivity index (χ3v) is 13.2. The summed E-state index contributed by atoms with van der Waals surface area (Å²) in [6.07, 6.45) is 5.40. The van der Waals surface area contributed by atoms with Crippen LogP contribution in [0.3, 0.4) is 0 Å². The minimum atomic E-state index is -1.83. The van der Waals surface area contributed by atoms with Crippen LogP contribution >= 0.6 is 8.53 Å². The number of rotatable bonds is 21. The van der Waals surface area contributed by atoms with Crippen LogP contribution in [-0.2, 0) is 28.9 Å². The van der Waals surface area contributed by atoms with Gasteiger partial charge in [-0.3, -0.25) is 9.36 Å². The van der Waals surface area contributed by atoms with E-state index in [1.165, 1.54) is 6.33 Å². The lowest BCUT2D eigenvalue weighted by molar-refractivity contribution is -0.0944. The molecule has 1 saturated heterocycles. The average molecular weight is 912 g/mol. The maximum absolute atomic E-state index is 13.3. The van der Waals surface area contributed by atoms with Crippen molar-refractivity contribution < 1.29 is 37.5 Å². The maximum Gasteiger partial charge on any atom is 0.259 e. The van der Waals surface area contributed by atoms with E-state index in [-0.39, 0.29) is 50.1 Å². The molecule has 15 nitrogen and oxygen atoms in total. The molecule has 1 N–H and O–H groups in total. The average Bonchev–Trinajstić information content (AvgIpc) is 3.93. The molecule has 0 spiro atoms. The van der Waals surface area contributed by atoms with Gasteiger partial charge in [-0.15, -0.1) is 6.42 Å². The number of fused-ring (bicyclic) bond motifs is 1. The number of benzene rings is 4. The van der Waals surface area contributed by atoms with Crippen LogP contribution in [0.4, 0.5) is 5.82 Å². The zero-order valence-electron chi connectivity index (χ0n) is 37.8. The maximum atomic E-state index is 13.3. The molecule has 342 valence electrons. The molecule has 4 aromatic carbocycles. The van der Waals surface area contributed by atoms with Gasteiger partial charge in [-0.1, -0.05) is 78.7 Å². The first kappa shape index (κ1) is 47.7. The molecular weight excluding hydrogens is 858 g/mol. The summed E-state index contributed by atoms with van der Waals surface area (Å²) in [5.41, 5.74) is 2.42. The Morgan fingerprint density at radius 2 is 1.47 bits per heavy atom. The first-order valence-electron chi connectivity index (χ1n) is 21.6. The number of nitriles is 1. The summed E-state index contributed by atoms with van der Waals surface area (Å²) < 4.78 is 49.8. The van der Waals surface area contributed by atoms with Gasteiger partial charge in [0, 0.05) is 17.6 Å². The fraction of sp³-hybridized carbons (Fsp3) is 0.340. The van der Waals surface area contributed by atoms with Crippen LogP contribution < -0.4 is 14.8 Å². The summed E-state index contributed by atoms with van der Waals surface area (Å²) in [7, 11) is 1.42. The minimum Gasteiger partial charge on any atom is -0.497 e. The van der Waals surface area contributed by atoms with E-state index in [2.05, 4.69) is 64.6 Å². The quantitative estimate of drug-likeness (QED) is 0.0316. The molecule has 2 unspecified atom stereocenters. The number of carbonyl (C=O) groups excluding carboxylic acids is 1. The molecule has 16 heteroatoms. The Morgan fingerprint density at radius 1 is 0.864 bits per heavy atom. The SMILES string of the molecule is C#CCOC1[C@@H](OP(OCCC#N)N(C(C)C)C(C)C)[C@@H](COC(c2ccccc2)(c2ccc(OC)cc2)c2ccc(OC)cc2)O[C@H]1n1cnc2c(NC(=O)c3ccccc3)ncnc21. The summed E-state index contributed by atoms with van der Waals surface area (Å²) in [5, 5.41) is 12.4. The molecule has 1 aliphatic rings. The van der Waals surface area contributed by atoms with Crippen molar-refractivity contribution in [2.45, 2.75) is 76.3 Å². The van der Waals surface area contributed by atoms with E-state index < -0.39 is 38.7 Å². The number of methoxy groups -OCH3 is 2. The van der Waals surface area contributed by atoms with Crippen LogP contribution in [0.1, 0.15) is 67.4 Å². The zero-order valence-corrected chi connectivity index (χ0v) is 38.7. The van der Waals surface area contributed by atoms with Crippen LogP contribution in [0.2, 0.25) is 0 Å². The zero-order chi connectivity index (χ0) is 46.6. The van der Waals surface area contributed by atoms with Gasteiger partial charge in [-0.2, -0.15) is 5.26 Å². The highest BCUT2D eigenvalue weighted by molar-refractivity contribution is 7.44. The highest BCUT2D eigenvalue weighted by atomic mass is 31.2. The monoisotopic (exact) mass is 911 g/mol. The number of hydrogen-bond acceptors (Lipinski definition) is 13. The van der Waals surface area contributed by atoms with Gasteiger partial charge >= 0.3 is 0 Å². The number of aromatic nitrogens is 4. The Morgan fingerprint density at radius 3 is 2.05 bits per heavy atom. The molecule has 6 aromatic rings. The van der Waals surface area contributed by atoms with Gasteiger partial charge in [0.05, 0.1) is 46.3 Å². The summed E-state index contributed by atoms with van der Waals surface area (Å²) in [4.78, 5) is 27.0. The van der Waals surface area contributed by atoms with E-state index >= 15 is 0 Å². The first-order chi connectivity index (χ1) is 32.1. The molecule has 2 aromatic heterocycles. The summed E-state index contributed by atoms with van der Waals surface area (Å²) >= 11 is 0. The lowest BCUT2D eigenvalue weighted by Gasteiger charge is -2.39. The van der Waals surface area contributed by atoms with Crippen molar-refractivity contribution in [2.24, 2.45) is 0 Å². The van der Waals surface area contributed by atoms with Crippen molar-refractivity contribution in [1.29, 1.82) is 5.26 Å². The topological polar surface area (TPSA) is 164 Å². The largest absolute Gasteiger partial charge is 0.497 e. The summed E-state index contributed by atoms with van der Waals surface area (Å²) in [6.45, 7) is 8.27. The van der Waals surface area contributed by atoms with Crippen LogP contribution in [0.15, 0.2) is 122 Å². The number of anilines is 1. The van der Waals surface area contributed by atoms with Gasteiger partial charge in [0.15, 0.2) is 23.2 Å². The van der Waals surface area contributed by atoms with Crippen molar-refractivity contribution in [1.82, 2.24) is 24.2 Å². The molecule has 66 heavy (non-hydrogen) atoms. The van der Waals surface area contributed by atoms with E-state index in [1.807, 2.05) is 84.9 Å². The molecule has 7 rings (SSSR count). The van der Waals surface area contributed by atoms with Gasteiger partial charge in [0.1, 0.15) is 48.3 Å². The standard InChI is InChI=1S/C50H54N7O8P/c1-8-29-61-45-44(65-66(63-30-15-28-51)57(34(2)3)35(4)5)42(64-49(45)56-33-54-43-46(52-32-53-47(43)56)55-48(58)36-16-11-9-12-17-36)31-62-50(37-18-13-10-14-19-37,38-20-24-40(59-6)25-21-38)39-22-26-41(60-7)27-23-39/h1,9-14,16-27,32-35,42,44-45,49H,15,29-31H2,2-7H3,(H,52,53,55,58)/t42-,44+,45?,49-,66?/m1/s1. The van der Waals surface area contributed by atoms with Crippen molar-refractivity contribution in [3.63, 3.8) is 0 Å². The number of hydrogen-bond donors (Lipinski definition) is 1. The number of amides is 1. The highest BCUT2D eigenvalue weighted by Crippen LogP contribution is 2.51. The van der Waals surface area contributed by atoms with E-state index in [0.717, 1.165) is 16.7 Å². The number of carbonyl (C=O) groups is 1. The normalized spacial score (nSPS) is 17.7. The Labute approximate surface area is 386 Å². The number of nitrogens with zero attached hydrogens (tertiary/aromatic N) is 6. The van der Waals surface area contributed by atoms with E-state index in [9.17, 15) is 10.1 Å². The number of ether oxygens (including phenoxy) is 5. The van der Waals surface area contributed by atoms with Crippen molar-refractivity contribution in [3.05, 3.63) is 144 Å². The smallest absolute Gasteiger partial charge is 0.259 e. The molecular formula is C50H54N7O8P. The molecule has 1 fully saturated rings. The Kier molecular flexibility index (Phi) is 16.1. The molecule has 1 aliphatic heterocycles.